The Morgan fingerprint density at radius 1 is 1.24 bits per heavy atom. The highest BCUT2D eigenvalue weighted by Gasteiger charge is 2.28. The molecule has 0 N–H and O–H groups in total. The van der Waals surface area contributed by atoms with Crippen LogP contribution in [0.1, 0.15) is 58.4 Å². The van der Waals surface area contributed by atoms with E-state index >= 15 is 0 Å². The van der Waals surface area contributed by atoms with Crippen LogP contribution >= 0.6 is 0 Å². The minimum atomic E-state index is -0.0605. The third kappa shape index (κ3) is 7.12. The number of carbonyl (C=O) groups is 1. The summed E-state index contributed by atoms with van der Waals surface area (Å²) in [6, 6.07) is 8.23. The molecule has 0 spiro atoms. The second-order valence-corrected chi connectivity index (χ2v) is 6.96. The van der Waals surface area contributed by atoms with Crippen LogP contribution in [-0.2, 0) is 9.53 Å². The number of nitrogens with zero attached hydrogens (tertiary/aromatic N) is 1. The molecule has 1 aromatic carbocycles. The lowest BCUT2D eigenvalue weighted by molar-refractivity contribution is -0.131. The van der Waals surface area contributed by atoms with Gasteiger partial charge in [-0.25, -0.2) is 0 Å². The van der Waals surface area contributed by atoms with Gasteiger partial charge in [0.15, 0.2) is 0 Å². The first-order chi connectivity index (χ1) is 14.0. The van der Waals surface area contributed by atoms with E-state index in [1.807, 2.05) is 68.2 Å². The Balaban J connectivity index is 0.00000204. The number of rotatable bonds is 8. The third-order valence-electron chi connectivity index (χ3n) is 5.24. The number of methoxy groups -OCH3 is 2. The monoisotopic (exact) mass is 399 g/mol. The Kier molecular flexibility index (Phi) is 10.9. The molecule has 29 heavy (non-hydrogen) atoms. The topological polar surface area (TPSA) is 38.8 Å². The molecule has 2 rings (SSSR count). The molecule has 1 fully saturated rings. The van der Waals surface area contributed by atoms with Gasteiger partial charge in [-0.3, -0.25) is 4.79 Å². The minimum absolute atomic E-state index is 0.0605. The van der Waals surface area contributed by atoms with Gasteiger partial charge in [-0.15, -0.1) is 0 Å². The number of hydrogen-bond donors (Lipinski definition) is 0. The van der Waals surface area contributed by atoms with Crippen LogP contribution in [0.25, 0.3) is 0 Å². The maximum absolute atomic E-state index is 13.0. The number of carbonyl (C=O) groups excluding carboxylic acids is 1. The molecule has 1 aromatic rings. The van der Waals surface area contributed by atoms with Gasteiger partial charge in [0.25, 0.3) is 0 Å². The summed E-state index contributed by atoms with van der Waals surface area (Å²) in [5.74, 6) is 1.74. The van der Waals surface area contributed by atoms with Crippen molar-refractivity contribution in [2.75, 3.05) is 20.8 Å². The van der Waals surface area contributed by atoms with Gasteiger partial charge in [0.2, 0.25) is 5.91 Å². The fourth-order valence-electron chi connectivity index (χ4n) is 3.47. The van der Waals surface area contributed by atoms with E-state index in [0.717, 1.165) is 42.0 Å². The number of hydrogen-bond acceptors (Lipinski definition) is 3. The van der Waals surface area contributed by atoms with E-state index in [1.165, 1.54) is 0 Å². The molecular weight excluding hydrogens is 362 g/mol. The quantitative estimate of drug-likeness (QED) is 0.405. The molecule has 0 aromatic heterocycles. The van der Waals surface area contributed by atoms with Gasteiger partial charge >= 0.3 is 0 Å². The van der Waals surface area contributed by atoms with E-state index in [4.69, 9.17) is 9.47 Å². The maximum Gasteiger partial charge on any atom is 0.223 e. The molecule has 0 saturated carbocycles. The average molecular weight is 400 g/mol. The standard InChI is InChI=1S/C23H31NO3.C2H6/c1-6-19(10-9-18(3)26-4)22(20-11-13-21(27-5)14-12-20)16-23(25)24-15-7-8-17(24)2;1-2/h6,9-14,17,22H,1,7-8,15-16H2,2-5H3;1-2H3/b18-9+,19-10+;. The van der Waals surface area contributed by atoms with E-state index in [-0.39, 0.29) is 11.8 Å². The predicted molar refractivity (Wildman–Crippen MR) is 121 cm³/mol. The number of benzene rings is 1. The Morgan fingerprint density at radius 2 is 1.90 bits per heavy atom. The first kappa shape index (κ1) is 24.5. The Bertz CT molecular complexity index is 703. The Labute approximate surface area is 176 Å². The van der Waals surface area contributed by atoms with E-state index in [0.29, 0.717) is 12.5 Å². The molecule has 1 amide bonds. The van der Waals surface area contributed by atoms with Gasteiger partial charge in [-0.05, 0) is 56.0 Å². The van der Waals surface area contributed by atoms with Crippen molar-refractivity contribution in [3.63, 3.8) is 0 Å². The average Bonchev–Trinajstić information content (AvgIpc) is 3.20. The molecular formula is C25H37NO3. The Hall–Kier alpha value is -2.49. The summed E-state index contributed by atoms with van der Waals surface area (Å²) in [5.41, 5.74) is 2.07. The second-order valence-electron chi connectivity index (χ2n) is 6.96. The van der Waals surface area contributed by atoms with Gasteiger partial charge in [0, 0.05) is 24.9 Å². The fraction of sp³-hybridized carbons (Fsp3) is 0.480. The van der Waals surface area contributed by atoms with Crippen LogP contribution in [0.5, 0.6) is 5.75 Å². The van der Waals surface area contributed by atoms with Crippen molar-refractivity contribution < 1.29 is 14.3 Å². The molecule has 2 atom stereocenters. The molecule has 4 nitrogen and oxygen atoms in total. The van der Waals surface area contributed by atoms with E-state index in [2.05, 4.69) is 13.5 Å². The smallest absolute Gasteiger partial charge is 0.223 e. The van der Waals surface area contributed by atoms with Crippen LogP contribution in [0.15, 0.2) is 60.4 Å². The SMILES string of the molecule is C=C/C(=C\C=C(/C)OC)C(CC(=O)N1CCCC1C)c1ccc(OC)cc1.CC. The highest BCUT2D eigenvalue weighted by atomic mass is 16.5. The first-order valence-corrected chi connectivity index (χ1v) is 10.5. The van der Waals surface area contributed by atoms with Crippen LogP contribution in [0.2, 0.25) is 0 Å². The predicted octanol–water partition coefficient (Wildman–Crippen LogP) is 5.87. The van der Waals surface area contributed by atoms with E-state index in [9.17, 15) is 4.79 Å². The minimum Gasteiger partial charge on any atom is -0.501 e. The van der Waals surface area contributed by atoms with Crippen LogP contribution in [-0.4, -0.2) is 37.6 Å². The molecule has 0 aliphatic carbocycles. The van der Waals surface area contributed by atoms with Crippen molar-refractivity contribution in [1.82, 2.24) is 4.90 Å². The summed E-state index contributed by atoms with van der Waals surface area (Å²) in [7, 11) is 3.30. The summed E-state index contributed by atoms with van der Waals surface area (Å²) in [6.45, 7) is 12.9. The number of amides is 1. The molecule has 0 bridgehead atoms. The molecule has 0 radical (unpaired) electrons. The van der Waals surface area contributed by atoms with Gasteiger partial charge in [-0.1, -0.05) is 44.7 Å². The Morgan fingerprint density at radius 3 is 2.38 bits per heavy atom. The molecule has 1 heterocycles. The summed E-state index contributed by atoms with van der Waals surface area (Å²) >= 11 is 0. The lowest BCUT2D eigenvalue weighted by Crippen LogP contribution is -2.34. The number of allylic oxidation sites excluding steroid dienone is 5. The van der Waals surface area contributed by atoms with E-state index < -0.39 is 0 Å². The first-order valence-electron chi connectivity index (χ1n) is 10.5. The van der Waals surface area contributed by atoms with Crippen molar-refractivity contribution in [3.8, 4) is 5.75 Å². The summed E-state index contributed by atoms with van der Waals surface area (Å²) in [5, 5.41) is 0. The van der Waals surface area contributed by atoms with Gasteiger partial charge in [0.1, 0.15) is 5.75 Å². The summed E-state index contributed by atoms with van der Waals surface area (Å²) in [4.78, 5) is 15.0. The molecule has 1 saturated heterocycles. The highest BCUT2D eigenvalue weighted by Crippen LogP contribution is 2.32. The molecule has 160 valence electrons. The normalized spacial score (nSPS) is 17.9. The van der Waals surface area contributed by atoms with Gasteiger partial charge in [0.05, 0.1) is 20.0 Å². The van der Waals surface area contributed by atoms with E-state index in [1.54, 1.807) is 14.2 Å². The zero-order chi connectivity index (χ0) is 21.8. The summed E-state index contributed by atoms with van der Waals surface area (Å²) in [6.07, 6.45) is 8.32. The largest absolute Gasteiger partial charge is 0.501 e. The van der Waals surface area contributed by atoms with Crippen LogP contribution < -0.4 is 4.74 Å². The van der Waals surface area contributed by atoms with Gasteiger partial charge < -0.3 is 14.4 Å². The van der Waals surface area contributed by atoms with Crippen molar-refractivity contribution in [3.05, 3.63) is 66.0 Å². The van der Waals surface area contributed by atoms with Crippen molar-refractivity contribution >= 4 is 5.91 Å². The fourth-order valence-corrected chi connectivity index (χ4v) is 3.47. The third-order valence-corrected chi connectivity index (χ3v) is 5.24. The zero-order valence-electron chi connectivity index (χ0n) is 18.9. The van der Waals surface area contributed by atoms with Crippen LogP contribution in [0, 0.1) is 0 Å². The summed E-state index contributed by atoms with van der Waals surface area (Å²) < 4.78 is 10.5. The molecule has 1 aliphatic heterocycles. The van der Waals surface area contributed by atoms with Crippen molar-refractivity contribution in [2.24, 2.45) is 0 Å². The number of likely N-dealkylation sites (tertiary alicyclic amines) is 1. The lowest BCUT2D eigenvalue weighted by atomic mass is 9.87. The zero-order valence-corrected chi connectivity index (χ0v) is 18.9. The molecule has 4 heteroatoms. The van der Waals surface area contributed by atoms with Crippen LogP contribution in [0.3, 0.4) is 0 Å². The van der Waals surface area contributed by atoms with Crippen LogP contribution in [0.4, 0.5) is 0 Å². The lowest BCUT2D eigenvalue weighted by Gasteiger charge is -2.25. The highest BCUT2D eigenvalue weighted by molar-refractivity contribution is 5.78. The maximum atomic E-state index is 13.0. The van der Waals surface area contributed by atoms with Crippen molar-refractivity contribution in [1.29, 1.82) is 0 Å². The second kappa shape index (κ2) is 12.9. The number of ether oxygens (including phenoxy) is 2. The molecule has 2 unspecified atom stereocenters. The molecule has 1 aliphatic rings. The van der Waals surface area contributed by atoms with Crippen molar-refractivity contribution in [2.45, 2.75) is 58.9 Å². The van der Waals surface area contributed by atoms with Gasteiger partial charge in [-0.2, -0.15) is 0 Å².